The van der Waals surface area contributed by atoms with Gasteiger partial charge in [-0.25, -0.2) is 0 Å². The van der Waals surface area contributed by atoms with Crippen molar-refractivity contribution in [2.24, 2.45) is 5.92 Å². The van der Waals surface area contributed by atoms with Gasteiger partial charge in [-0.15, -0.1) is 0 Å². The first-order valence-electron chi connectivity index (χ1n) is 7.95. The quantitative estimate of drug-likeness (QED) is 0.804. The molecule has 6 nitrogen and oxygen atoms in total. The number of aromatic nitrogens is 2. The lowest BCUT2D eigenvalue weighted by molar-refractivity contribution is -0.138. The number of hydrogen-bond donors (Lipinski definition) is 3. The molecule has 0 bridgehead atoms. The van der Waals surface area contributed by atoms with E-state index in [9.17, 15) is 9.59 Å². The van der Waals surface area contributed by atoms with Gasteiger partial charge in [0.15, 0.2) is 5.69 Å². The van der Waals surface area contributed by atoms with E-state index in [-0.39, 0.29) is 23.2 Å². The highest BCUT2D eigenvalue weighted by atomic mass is 16.4. The van der Waals surface area contributed by atoms with Gasteiger partial charge in [0, 0.05) is 16.8 Å². The summed E-state index contributed by atoms with van der Waals surface area (Å²) >= 11 is 0. The molecule has 3 N–H and O–H groups in total. The average Bonchev–Trinajstić information content (AvgIpc) is 3.14. The van der Waals surface area contributed by atoms with Gasteiger partial charge >= 0.3 is 5.97 Å². The van der Waals surface area contributed by atoms with Crippen molar-refractivity contribution in [2.45, 2.75) is 38.5 Å². The first-order valence-corrected chi connectivity index (χ1v) is 7.95. The molecule has 1 heterocycles. The minimum Gasteiger partial charge on any atom is -0.481 e. The molecule has 0 aliphatic heterocycles. The van der Waals surface area contributed by atoms with E-state index in [1.165, 1.54) is 0 Å². The number of nitrogens with one attached hydrogen (secondary N) is 2. The fraction of sp³-hybridized carbons (Fsp3) is 0.389. The van der Waals surface area contributed by atoms with Crippen LogP contribution in [0.15, 0.2) is 30.3 Å². The van der Waals surface area contributed by atoms with E-state index < -0.39 is 5.97 Å². The molecular formula is C18H21N3O3. The molecule has 1 fully saturated rings. The lowest BCUT2D eigenvalue weighted by atomic mass is 9.92. The molecule has 0 spiro atoms. The van der Waals surface area contributed by atoms with Gasteiger partial charge in [-0.3, -0.25) is 14.7 Å². The van der Waals surface area contributed by atoms with Crippen LogP contribution in [0.1, 0.15) is 54.9 Å². The number of nitrogens with zero attached hydrogens (tertiary/aromatic N) is 1. The Morgan fingerprint density at radius 2 is 1.92 bits per heavy atom. The molecule has 24 heavy (non-hydrogen) atoms. The molecule has 1 aliphatic rings. The van der Waals surface area contributed by atoms with Crippen molar-refractivity contribution < 1.29 is 14.7 Å². The van der Waals surface area contributed by atoms with Crippen molar-refractivity contribution in [3.05, 3.63) is 47.3 Å². The Morgan fingerprint density at radius 1 is 1.25 bits per heavy atom. The summed E-state index contributed by atoms with van der Waals surface area (Å²) in [5.74, 6) is -1.20. The Hall–Kier alpha value is -2.63. The zero-order chi connectivity index (χ0) is 17.5. The molecule has 1 aliphatic carbocycles. The summed E-state index contributed by atoms with van der Waals surface area (Å²) in [6, 6.07) is 9.08. The Labute approximate surface area is 140 Å². The van der Waals surface area contributed by atoms with Crippen LogP contribution in [-0.4, -0.2) is 27.2 Å². The standard InChI is InChI=1S/C18H21N3O3/c1-18(2,3)15-9-14(20-21-15)16(22)19-11-6-4-10(5-7-11)12-8-13(12)17(23)24/h4-7,9,12-13H,8H2,1-3H3,(H,19,22)(H,20,21)(H,23,24)/t12-,13+/m0/s1. The summed E-state index contributed by atoms with van der Waals surface area (Å²) in [4.78, 5) is 23.2. The van der Waals surface area contributed by atoms with Crippen LogP contribution in [-0.2, 0) is 10.2 Å². The van der Waals surface area contributed by atoms with Crippen molar-refractivity contribution in [2.75, 3.05) is 5.32 Å². The molecule has 1 aromatic carbocycles. The molecule has 3 rings (SSSR count). The van der Waals surface area contributed by atoms with E-state index in [1.807, 2.05) is 32.9 Å². The van der Waals surface area contributed by atoms with E-state index >= 15 is 0 Å². The summed E-state index contributed by atoms with van der Waals surface area (Å²) in [5, 5.41) is 18.7. The van der Waals surface area contributed by atoms with Crippen LogP contribution in [0.2, 0.25) is 0 Å². The lowest BCUT2D eigenvalue weighted by Gasteiger charge is -2.14. The van der Waals surface area contributed by atoms with Crippen LogP contribution in [0.25, 0.3) is 0 Å². The molecule has 0 unspecified atom stereocenters. The normalized spacial score (nSPS) is 19.8. The number of amides is 1. The minimum absolute atomic E-state index is 0.0907. The third-order valence-electron chi connectivity index (χ3n) is 4.32. The number of H-pyrrole nitrogens is 1. The zero-order valence-corrected chi connectivity index (χ0v) is 14.0. The predicted octanol–water partition coefficient (Wildman–Crippen LogP) is 3.15. The molecule has 2 atom stereocenters. The van der Waals surface area contributed by atoms with E-state index in [0.717, 1.165) is 11.3 Å². The predicted molar refractivity (Wildman–Crippen MR) is 90.2 cm³/mol. The minimum atomic E-state index is -0.745. The smallest absolute Gasteiger partial charge is 0.307 e. The molecule has 0 saturated heterocycles. The highest BCUT2D eigenvalue weighted by Gasteiger charge is 2.44. The van der Waals surface area contributed by atoms with Crippen LogP contribution >= 0.6 is 0 Å². The van der Waals surface area contributed by atoms with Gasteiger partial charge in [-0.1, -0.05) is 32.9 Å². The number of anilines is 1. The Balaban J connectivity index is 1.65. The first kappa shape index (κ1) is 16.2. The second kappa shape index (κ2) is 5.78. The number of carbonyl (C=O) groups excluding carboxylic acids is 1. The number of benzene rings is 1. The summed E-state index contributed by atoms with van der Waals surface area (Å²) in [6.07, 6.45) is 0.684. The fourth-order valence-electron chi connectivity index (χ4n) is 2.67. The molecule has 1 saturated carbocycles. The van der Waals surface area contributed by atoms with Gasteiger partial charge in [0.05, 0.1) is 5.92 Å². The van der Waals surface area contributed by atoms with Crippen molar-refractivity contribution in [3.8, 4) is 0 Å². The van der Waals surface area contributed by atoms with Gasteiger partial charge in [0.2, 0.25) is 0 Å². The molecule has 2 aromatic rings. The molecule has 126 valence electrons. The van der Waals surface area contributed by atoms with Gasteiger partial charge < -0.3 is 10.4 Å². The summed E-state index contributed by atoms with van der Waals surface area (Å²) in [7, 11) is 0. The maximum atomic E-state index is 12.3. The number of aliphatic carboxylic acids is 1. The van der Waals surface area contributed by atoms with E-state index in [1.54, 1.807) is 18.2 Å². The second-order valence-corrected chi connectivity index (χ2v) is 7.28. The highest BCUT2D eigenvalue weighted by Crippen LogP contribution is 2.47. The first-order chi connectivity index (χ1) is 11.3. The molecule has 0 radical (unpaired) electrons. The zero-order valence-electron chi connectivity index (χ0n) is 14.0. The second-order valence-electron chi connectivity index (χ2n) is 7.28. The topological polar surface area (TPSA) is 95.1 Å². The van der Waals surface area contributed by atoms with E-state index in [4.69, 9.17) is 5.11 Å². The van der Waals surface area contributed by atoms with Crippen molar-refractivity contribution in [1.82, 2.24) is 10.2 Å². The monoisotopic (exact) mass is 327 g/mol. The number of hydrogen-bond acceptors (Lipinski definition) is 3. The molecule has 1 aromatic heterocycles. The van der Waals surface area contributed by atoms with Gasteiger partial charge in [0.1, 0.15) is 0 Å². The van der Waals surface area contributed by atoms with Crippen molar-refractivity contribution >= 4 is 17.6 Å². The van der Waals surface area contributed by atoms with Crippen LogP contribution in [0.4, 0.5) is 5.69 Å². The number of aromatic amines is 1. The van der Waals surface area contributed by atoms with Crippen LogP contribution in [0, 0.1) is 5.92 Å². The molecule has 6 heteroatoms. The van der Waals surface area contributed by atoms with E-state index in [0.29, 0.717) is 17.8 Å². The van der Waals surface area contributed by atoms with Gasteiger partial charge in [-0.05, 0) is 36.1 Å². The Morgan fingerprint density at radius 3 is 2.42 bits per heavy atom. The summed E-state index contributed by atoms with van der Waals surface area (Å²) in [6.45, 7) is 6.13. The third kappa shape index (κ3) is 3.32. The third-order valence-corrected chi connectivity index (χ3v) is 4.32. The number of carboxylic acid groups (broad SMARTS) is 1. The van der Waals surface area contributed by atoms with Crippen molar-refractivity contribution in [3.63, 3.8) is 0 Å². The van der Waals surface area contributed by atoms with Crippen LogP contribution in [0.3, 0.4) is 0 Å². The average molecular weight is 327 g/mol. The van der Waals surface area contributed by atoms with Crippen LogP contribution < -0.4 is 5.32 Å². The fourth-order valence-corrected chi connectivity index (χ4v) is 2.67. The maximum Gasteiger partial charge on any atom is 0.307 e. The SMILES string of the molecule is CC(C)(C)c1cc(C(=O)Nc2ccc([C@@H]3C[C@H]3C(=O)O)cc2)n[nH]1. The lowest BCUT2D eigenvalue weighted by Crippen LogP contribution is -2.13. The number of carbonyl (C=O) groups is 2. The number of rotatable bonds is 4. The highest BCUT2D eigenvalue weighted by molar-refractivity contribution is 6.02. The molecule has 1 amide bonds. The molecular weight excluding hydrogens is 306 g/mol. The van der Waals surface area contributed by atoms with Crippen LogP contribution in [0.5, 0.6) is 0 Å². The van der Waals surface area contributed by atoms with E-state index in [2.05, 4.69) is 15.5 Å². The van der Waals surface area contributed by atoms with Gasteiger partial charge in [-0.2, -0.15) is 5.10 Å². The largest absolute Gasteiger partial charge is 0.481 e. The van der Waals surface area contributed by atoms with Gasteiger partial charge in [0.25, 0.3) is 5.91 Å². The summed E-state index contributed by atoms with van der Waals surface area (Å²) < 4.78 is 0. The Kier molecular flexibility index (Phi) is 3.91. The summed E-state index contributed by atoms with van der Waals surface area (Å²) in [5.41, 5.74) is 2.80. The number of carboxylic acids is 1. The Bertz CT molecular complexity index is 772. The van der Waals surface area contributed by atoms with Crippen molar-refractivity contribution in [1.29, 1.82) is 0 Å². The maximum absolute atomic E-state index is 12.3.